The summed E-state index contributed by atoms with van der Waals surface area (Å²) in [5.74, 6) is -0.291. The quantitative estimate of drug-likeness (QED) is 0.690. The second-order valence-corrected chi connectivity index (χ2v) is 6.97. The number of ether oxygens (including phenoxy) is 2. The number of hydrogen-bond acceptors (Lipinski definition) is 4. The molecule has 1 atom stereocenters. The molecule has 0 aliphatic carbocycles. The normalized spacial score (nSPS) is 11.7. The van der Waals surface area contributed by atoms with Crippen LogP contribution in [0.2, 0.25) is 5.02 Å². The summed E-state index contributed by atoms with van der Waals surface area (Å²) < 4.78 is 10.3. The number of benzene rings is 2. The molecule has 5 nitrogen and oxygen atoms in total. The van der Waals surface area contributed by atoms with Crippen molar-refractivity contribution in [2.45, 2.75) is 26.8 Å². The van der Waals surface area contributed by atoms with Gasteiger partial charge in [0.25, 0.3) is 5.91 Å². The van der Waals surface area contributed by atoms with Crippen molar-refractivity contribution in [1.82, 2.24) is 5.32 Å². The molecule has 1 amide bonds. The molecule has 0 bridgehead atoms. The van der Waals surface area contributed by atoms with Crippen LogP contribution in [0.15, 0.2) is 48.5 Å². The van der Waals surface area contributed by atoms with E-state index in [9.17, 15) is 9.59 Å². The molecule has 2 aromatic rings. The molecule has 144 valence electrons. The minimum atomic E-state index is -0.634. The van der Waals surface area contributed by atoms with Gasteiger partial charge in [-0.25, -0.2) is 4.79 Å². The van der Waals surface area contributed by atoms with Crippen molar-refractivity contribution in [3.8, 4) is 16.9 Å². The zero-order valence-electron chi connectivity index (χ0n) is 15.7. The first-order valence-electron chi connectivity index (χ1n) is 8.79. The minimum Gasteiger partial charge on any atom is -0.480 e. The van der Waals surface area contributed by atoms with Gasteiger partial charge in [0, 0.05) is 6.04 Å². The zero-order chi connectivity index (χ0) is 19.8. The molecule has 0 radical (unpaired) electrons. The number of carbonyl (C=O) groups excluding carboxylic acids is 2. The largest absolute Gasteiger partial charge is 0.480 e. The Morgan fingerprint density at radius 3 is 2.33 bits per heavy atom. The lowest BCUT2D eigenvalue weighted by Gasteiger charge is -2.17. The topological polar surface area (TPSA) is 64.6 Å². The van der Waals surface area contributed by atoms with Gasteiger partial charge in [0.1, 0.15) is 5.75 Å². The van der Waals surface area contributed by atoms with Crippen LogP contribution in [0.25, 0.3) is 11.1 Å². The van der Waals surface area contributed by atoms with E-state index in [1.165, 1.54) is 0 Å². The maximum atomic E-state index is 11.8. The molecule has 0 spiro atoms. The first-order chi connectivity index (χ1) is 12.9. The average Bonchev–Trinajstić information content (AvgIpc) is 2.66. The fourth-order valence-corrected chi connectivity index (χ4v) is 2.45. The molecule has 0 saturated carbocycles. The molecule has 0 heterocycles. The van der Waals surface area contributed by atoms with E-state index in [0.717, 1.165) is 11.1 Å². The van der Waals surface area contributed by atoms with E-state index < -0.39 is 5.97 Å². The van der Waals surface area contributed by atoms with Crippen LogP contribution in [0.1, 0.15) is 20.8 Å². The molecular weight excluding hydrogens is 366 g/mol. The maximum absolute atomic E-state index is 11.8. The van der Waals surface area contributed by atoms with Crippen LogP contribution in [-0.4, -0.2) is 31.1 Å². The number of rotatable bonds is 8. The van der Waals surface area contributed by atoms with Gasteiger partial charge in [0.2, 0.25) is 0 Å². The van der Waals surface area contributed by atoms with Gasteiger partial charge >= 0.3 is 5.97 Å². The highest BCUT2D eigenvalue weighted by Crippen LogP contribution is 2.30. The summed E-state index contributed by atoms with van der Waals surface area (Å²) in [7, 11) is 0. The molecule has 27 heavy (non-hydrogen) atoms. The third kappa shape index (κ3) is 6.61. The molecule has 0 fully saturated rings. The second kappa shape index (κ2) is 9.97. The molecular formula is C21H24ClNO4. The van der Waals surface area contributed by atoms with Gasteiger partial charge in [-0.15, -0.1) is 0 Å². The first kappa shape index (κ1) is 20.8. The van der Waals surface area contributed by atoms with E-state index in [1.54, 1.807) is 12.1 Å². The number of hydrogen-bond donors (Lipinski definition) is 1. The summed E-state index contributed by atoms with van der Waals surface area (Å²) in [5, 5.41) is 3.16. The summed E-state index contributed by atoms with van der Waals surface area (Å²) >= 11 is 6.24. The van der Waals surface area contributed by atoms with E-state index in [-0.39, 0.29) is 25.2 Å². The third-order valence-corrected chi connectivity index (χ3v) is 4.43. The third-order valence-electron chi connectivity index (χ3n) is 4.14. The van der Waals surface area contributed by atoms with Gasteiger partial charge in [0.15, 0.2) is 13.2 Å². The predicted octanol–water partition coefficient (Wildman–Crippen LogP) is 4.09. The van der Waals surface area contributed by atoms with E-state index in [1.807, 2.05) is 57.2 Å². The summed E-state index contributed by atoms with van der Waals surface area (Å²) in [6, 6.07) is 15.1. The zero-order valence-corrected chi connectivity index (χ0v) is 16.5. The number of halogens is 1. The van der Waals surface area contributed by atoms with E-state index in [2.05, 4.69) is 5.32 Å². The lowest BCUT2D eigenvalue weighted by Crippen LogP contribution is -2.39. The summed E-state index contributed by atoms with van der Waals surface area (Å²) in [6.07, 6.45) is 0. The number of carbonyl (C=O) groups is 2. The van der Waals surface area contributed by atoms with Gasteiger partial charge in [-0.1, -0.05) is 61.8 Å². The van der Waals surface area contributed by atoms with Crippen molar-refractivity contribution in [3.63, 3.8) is 0 Å². The van der Waals surface area contributed by atoms with E-state index in [4.69, 9.17) is 21.1 Å². The number of esters is 1. The molecule has 0 aliphatic heterocycles. The van der Waals surface area contributed by atoms with Gasteiger partial charge in [-0.05, 0) is 36.1 Å². The number of amides is 1. The van der Waals surface area contributed by atoms with Crippen molar-refractivity contribution in [3.05, 3.63) is 53.6 Å². The smallest absolute Gasteiger partial charge is 0.344 e. The monoisotopic (exact) mass is 389 g/mol. The van der Waals surface area contributed by atoms with Crippen LogP contribution >= 0.6 is 11.6 Å². The molecule has 0 unspecified atom stereocenters. The molecule has 0 aliphatic rings. The van der Waals surface area contributed by atoms with Gasteiger partial charge < -0.3 is 14.8 Å². The second-order valence-electron chi connectivity index (χ2n) is 6.56. The Bertz CT molecular complexity index is 777. The summed E-state index contributed by atoms with van der Waals surface area (Å²) in [5.41, 5.74) is 1.98. The molecule has 1 N–H and O–H groups in total. The SMILES string of the molecule is CC(C)[C@H](C)NC(=O)COC(=O)COc1ccc(-c2ccccc2)cc1Cl. The highest BCUT2D eigenvalue weighted by Gasteiger charge is 2.14. The highest BCUT2D eigenvalue weighted by atomic mass is 35.5. The Kier molecular flexibility index (Phi) is 7.67. The minimum absolute atomic E-state index is 0.00869. The van der Waals surface area contributed by atoms with Crippen molar-refractivity contribution >= 4 is 23.5 Å². The van der Waals surface area contributed by atoms with Crippen LogP contribution in [-0.2, 0) is 14.3 Å². The van der Waals surface area contributed by atoms with E-state index in [0.29, 0.717) is 16.7 Å². The Morgan fingerprint density at radius 2 is 1.70 bits per heavy atom. The van der Waals surface area contributed by atoms with Gasteiger partial charge in [-0.3, -0.25) is 4.79 Å². The molecule has 0 aromatic heterocycles. The predicted molar refractivity (Wildman–Crippen MR) is 106 cm³/mol. The maximum Gasteiger partial charge on any atom is 0.344 e. The summed E-state index contributed by atoms with van der Waals surface area (Å²) in [6.45, 7) is 5.24. The molecule has 6 heteroatoms. The molecule has 0 saturated heterocycles. The highest BCUT2D eigenvalue weighted by molar-refractivity contribution is 6.32. The Morgan fingerprint density at radius 1 is 1.00 bits per heavy atom. The Balaban J connectivity index is 1.82. The van der Waals surface area contributed by atoms with E-state index >= 15 is 0 Å². The van der Waals surface area contributed by atoms with Crippen LogP contribution in [0.3, 0.4) is 0 Å². The average molecular weight is 390 g/mol. The number of nitrogens with one attached hydrogen (secondary N) is 1. The van der Waals surface area contributed by atoms with Crippen LogP contribution in [0.4, 0.5) is 0 Å². The van der Waals surface area contributed by atoms with Crippen LogP contribution < -0.4 is 10.1 Å². The molecule has 2 aromatic carbocycles. The lowest BCUT2D eigenvalue weighted by atomic mass is 10.1. The standard InChI is InChI=1S/C21H24ClNO4/c1-14(2)15(3)23-20(24)12-27-21(25)13-26-19-10-9-17(11-18(19)22)16-7-5-4-6-8-16/h4-11,14-15H,12-13H2,1-3H3,(H,23,24)/t15-/m0/s1. The first-order valence-corrected chi connectivity index (χ1v) is 9.17. The van der Waals surface area contributed by atoms with Crippen molar-refractivity contribution in [1.29, 1.82) is 0 Å². The van der Waals surface area contributed by atoms with Crippen LogP contribution in [0.5, 0.6) is 5.75 Å². The Labute approximate surface area is 164 Å². The van der Waals surface area contributed by atoms with Gasteiger partial charge in [0.05, 0.1) is 5.02 Å². The molecule has 2 rings (SSSR count). The van der Waals surface area contributed by atoms with Crippen LogP contribution in [0, 0.1) is 5.92 Å². The fourth-order valence-electron chi connectivity index (χ4n) is 2.21. The van der Waals surface area contributed by atoms with Crippen molar-refractivity contribution in [2.24, 2.45) is 5.92 Å². The van der Waals surface area contributed by atoms with Crippen molar-refractivity contribution < 1.29 is 19.1 Å². The Hall–Kier alpha value is -2.53. The van der Waals surface area contributed by atoms with Gasteiger partial charge in [-0.2, -0.15) is 0 Å². The fraction of sp³-hybridized carbons (Fsp3) is 0.333. The lowest BCUT2D eigenvalue weighted by molar-refractivity contribution is -0.150. The van der Waals surface area contributed by atoms with Crippen molar-refractivity contribution in [2.75, 3.05) is 13.2 Å². The summed E-state index contributed by atoms with van der Waals surface area (Å²) in [4.78, 5) is 23.5.